The van der Waals surface area contributed by atoms with Gasteiger partial charge in [0.2, 0.25) is 5.91 Å². The quantitative estimate of drug-likeness (QED) is 0.854. The molecule has 2 aliphatic heterocycles. The molecule has 2 aliphatic rings. The number of aromatic nitrogens is 1. The fourth-order valence-electron chi connectivity index (χ4n) is 3.43. The van der Waals surface area contributed by atoms with Crippen molar-refractivity contribution < 1.29 is 9.53 Å². The van der Waals surface area contributed by atoms with E-state index in [9.17, 15) is 4.79 Å². The van der Waals surface area contributed by atoms with E-state index in [1.54, 1.807) is 12.4 Å². The third kappa shape index (κ3) is 4.75. The summed E-state index contributed by atoms with van der Waals surface area (Å²) >= 11 is 0. The zero-order chi connectivity index (χ0) is 15.9. The molecule has 2 fully saturated rings. The Morgan fingerprint density at radius 1 is 1.13 bits per heavy atom. The summed E-state index contributed by atoms with van der Waals surface area (Å²) in [4.78, 5) is 21.0. The van der Waals surface area contributed by atoms with Crippen molar-refractivity contribution in [1.29, 1.82) is 0 Å². The van der Waals surface area contributed by atoms with Crippen molar-refractivity contribution >= 4 is 5.91 Å². The zero-order valence-corrected chi connectivity index (χ0v) is 13.8. The summed E-state index contributed by atoms with van der Waals surface area (Å²) in [6, 6.07) is 3.94. The maximum atomic E-state index is 12.5. The summed E-state index contributed by atoms with van der Waals surface area (Å²) in [7, 11) is 0. The van der Waals surface area contributed by atoms with Gasteiger partial charge in [0.25, 0.3) is 0 Å². The monoisotopic (exact) mass is 317 g/mol. The third-order valence-corrected chi connectivity index (χ3v) is 4.84. The molecule has 23 heavy (non-hydrogen) atoms. The number of carbonyl (C=O) groups is 1. The molecule has 3 heterocycles. The molecule has 0 N–H and O–H groups in total. The van der Waals surface area contributed by atoms with E-state index >= 15 is 0 Å². The minimum Gasteiger partial charge on any atom is -0.370 e. The van der Waals surface area contributed by atoms with Gasteiger partial charge in [-0.25, -0.2) is 0 Å². The molecule has 0 bridgehead atoms. The van der Waals surface area contributed by atoms with Gasteiger partial charge in [0.05, 0.1) is 13.2 Å². The van der Waals surface area contributed by atoms with Crippen molar-refractivity contribution in [2.75, 3.05) is 39.3 Å². The van der Waals surface area contributed by atoms with E-state index in [0.29, 0.717) is 26.1 Å². The molecule has 0 aromatic carbocycles. The number of hydrogen-bond donors (Lipinski definition) is 0. The summed E-state index contributed by atoms with van der Waals surface area (Å²) in [6.07, 6.45) is 9.38. The van der Waals surface area contributed by atoms with E-state index in [-0.39, 0.29) is 12.0 Å². The van der Waals surface area contributed by atoms with E-state index in [1.807, 2.05) is 17.0 Å². The first-order valence-electron chi connectivity index (χ1n) is 8.84. The molecule has 0 unspecified atom stereocenters. The van der Waals surface area contributed by atoms with Gasteiger partial charge < -0.3 is 14.5 Å². The Labute approximate surface area is 138 Å². The Kier molecular flexibility index (Phi) is 6.00. The molecule has 3 rings (SSSR count). The summed E-state index contributed by atoms with van der Waals surface area (Å²) < 4.78 is 5.82. The van der Waals surface area contributed by atoms with Crippen LogP contribution in [0.2, 0.25) is 0 Å². The van der Waals surface area contributed by atoms with Crippen molar-refractivity contribution in [3.05, 3.63) is 30.1 Å². The summed E-state index contributed by atoms with van der Waals surface area (Å²) in [5.74, 6) is 0.261. The standard InChI is InChI=1S/C18H27N3O2/c22-18(7-12-20-10-3-1-2-4-11-20)21-13-14-23-17(15-21)16-5-8-19-9-6-16/h5-6,8-9,17H,1-4,7,10-15H2/t17-/m0/s1. The summed E-state index contributed by atoms with van der Waals surface area (Å²) in [5.41, 5.74) is 1.10. The molecule has 1 atom stereocenters. The highest BCUT2D eigenvalue weighted by Crippen LogP contribution is 2.22. The number of morpholine rings is 1. The molecule has 5 heteroatoms. The normalized spacial score (nSPS) is 23.5. The van der Waals surface area contributed by atoms with E-state index in [1.165, 1.54) is 25.7 Å². The minimum absolute atomic E-state index is 0.0195. The van der Waals surface area contributed by atoms with Crippen molar-refractivity contribution in [3.63, 3.8) is 0 Å². The Morgan fingerprint density at radius 3 is 2.61 bits per heavy atom. The average Bonchev–Trinajstić information content (AvgIpc) is 2.89. The summed E-state index contributed by atoms with van der Waals surface area (Å²) in [5, 5.41) is 0. The predicted octanol–water partition coefficient (Wildman–Crippen LogP) is 2.25. The second-order valence-electron chi connectivity index (χ2n) is 6.49. The van der Waals surface area contributed by atoms with Crippen LogP contribution in [0.3, 0.4) is 0 Å². The van der Waals surface area contributed by atoms with Gasteiger partial charge in [0, 0.05) is 31.9 Å². The number of amides is 1. The van der Waals surface area contributed by atoms with Gasteiger partial charge in [0.1, 0.15) is 6.10 Å². The van der Waals surface area contributed by atoms with Crippen LogP contribution in [0.15, 0.2) is 24.5 Å². The predicted molar refractivity (Wildman–Crippen MR) is 89.0 cm³/mol. The fourth-order valence-corrected chi connectivity index (χ4v) is 3.43. The zero-order valence-electron chi connectivity index (χ0n) is 13.8. The van der Waals surface area contributed by atoms with Crippen LogP contribution in [-0.2, 0) is 9.53 Å². The number of ether oxygens (including phenoxy) is 1. The third-order valence-electron chi connectivity index (χ3n) is 4.84. The number of rotatable bonds is 4. The first-order chi connectivity index (χ1) is 11.3. The first kappa shape index (κ1) is 16.4. The molecule has 0 radical (unpaired) electrons. The number of pyridine rings is 1. The van der Waals surface area contributed by atoms with Gasteiger partial charge in [-0.05, 0) is 43.6 Å². The van der Waals surface area contributed by atoms with Crippen LogP contribution in [0.5, 0.6) is 0 Å². The van der Waals surface area contributed by atoms with Gasteiger partial charge >= 0.3 is 0 Å². The molecule has 0 aliphatic carbocycles. The molecule has 0 spiro atoms. The molecule has 1 aromatic rings. The second-order valence-corrected chi connectivity index (χ2v) is 6.49. The van der Waals surface area contributed by atoms with Gasteiger partial charge in [-0.15, -0.1) is 0 Å². The molecule has 0 saturated carbocycles. The Hall–Kier alpha value is -1.46. The Morgan fingerprint density at radius 2 is 1.87 bits per heavy atom. The highest BCUT2D eigenvalue weighted by atomic mass is 16.5. The lowest BCUT2D eigenvalue weighted by atomic mass is 10.1. The van der Waals surface area contributed by atoms with Crippen LogP contribution < -0.4 is 0 Å². The number of hydrogen-bond acceptors (Lipinski definition) is 4. The number of carbonyl (C=O) groups excluding carboxylic acids is 1. The van der Waals surface area contributed by atoms with Gasteiger partial charge in [-0.1, -0.05) is 12.8 Å². The van der Waals surface area contributed by atoms with Crippen LogP contribution >= 0.6 is 0 Å². The molecular formula is C18H27N3O2. The van der Waals surface area contributed by atoms with Gasteiger partial charge in [-0.2, -0.15) is 0 Å². The van der Waals surface area contributed by atoms with Crippen molar-refractivity contribution in [1.82, 2.24) is 14.8 Å². The van der Waals surface area contributed by atoms with Gasteiger partial charge in [0.15, 0.2) is 0 Å². The van der Waals surface area contributed by atoms with Gasteiger partial charge in [-0.3, -0.25) is 9.78 Å². The molecular weight excluding hydrogens is 290 g/mol. The highest BCUT2D eigenvalue weighted by Gasteiger charge is 2.25. The smallest absolute Gasteiger partial charge is 0.224 e. The average molecular weight is 317 g/mol. The molecule has 1 amide bonds. The van der Waals surface area contributed by atoms with Crippen LogP contribution in [0, 0.1) is 0 Å². The largest absolute Gasteiger partial charge is 0.370 e. The van der Waals surface area contributed by atoms with E-state index in [0.717, 1.165) is 25.2 Å². The first-order valence-corrected chi connectivity index (χ1v) is 8.84. The lowest BCUT2D eigenvalue weighted by molar-refractivity contribution is -0.139. The van der Waals surface area contributed by atoms with Crippen molar-refractivity contribution in [3.8, 4) is 0 Å². The van der Waals surface area contributed by atoms with Crippen LogP contribution in [0.1, 0.15) is 43.8 Å². The van der Waals surface area contributed by atoms with Crippen LogP contribution in [-0.4, -0.2) is 60.0 Å². The maximum Gasteiger partial charge on any atom is 0.224 e. The fraction of sp³-hybridized carbons (Fsp3) is 0.667. The highest BCUT2D eigenvalue weighted by molar-refractivity contribution is 5.76. The minimum atomic E-state index is -0.0195. The van der Waals surface area contributed by atoms with Crippen LogP contribution in [0.4, 0.5) is 0 Å². The number of likely N-dealkylation sites (tertiary alicyclic amines) is 1. The topological polar surface area (TPSA) is 45.7 Å². The van der Waals surface area contributed by atoms with Crippen LogP contribution in [0.25, 0.3) is 0 Å². The number of nitrogens with zero attached hydrogens (tertiary/aromatic N) is 3. The lowest BCUT2D eigenvalue weighted by Crippen LogP contribution is -2.43. The van der Waals surface area contributed by atoms with Crippen molar-refractivity contribution in [2.24, 2.45) is 0 Å². The second kappa shape index (κ2) is 8.41. The van der Waals surface area contributed by atoms with Crippen molar-refractivity contribution in [2.45, 2.75) is 38.2 Å². The van der Waals surface area contributed by atoms with E-state index in [4.69, 9.17) is 4.74 Å². The lowest BCUT2D eigenvalue weighted by Gasteiger charge is -2.33. The Balaban J connectivity index is 1.49. The maximum absolute atomic E-state index is 12.5. The Bertz CT molecular complexity index is 486. The molecule has 1 aromatic heterocycles. The molecule has 5 nitrogen and oxygen atoms in total. The summed E-state index contributed by atoms with van der Waals surface area (Å²) in [6.45, 7) is 5.17. The molecule has 2 saturated heterocycles. The SMILES string of the molecule is O=C(CCN1CCCCCC1)N1CCO[C@H](c2ccncc2)C1. The molecule has 126 valence electrons. The van der Waals surface area contributed by atoms with E-state index < -0.39 is 0 Å². The van der Waals surface area contributed by atoms with E-state index in [2.05, 4.69) is 9.88 Å².